The maximum Gasteiger partial charge on any atom is 0.337 e. The number of carbonyl (C=O) groups excluding carboxylic acids is 1. The highest BCUT2D eigenvalue weighted by Crippen LogP contribution is 2.26. The molecule has 2 rings (SSSR count). The summed E-state index contributed by atoms with van der Waals surface area (Å²) in [7, 11) is 2.93. The molecule has 0 saturated carbocycles. The first-order valence-corrected chi connectivity index (χ1v) is 6.84. The van der Waals surface area contributed by atoms with Gasteiger partial charge in [-0.05, 0) is 17.2 Å². The van der Waals surface area contributed by atoms with Gasteiger partial charge in [-0.1, -0.05) is 61.2 Å². The van der Waals surface area contributed by atoms with Crippen LogP contribution in [0.1, 0.15) is 16.7 Å². The standard InChI is InChI=1S/C19H18O3/c1-14(19(20)22-3)17-12-11-16(18(13-17)21-2)10-9-15-7-5-4-6-8-15/h4-13H,1H2,2-3H3/b10-9+. The fraction of sp³-hybridized carbons (Fsp3) is 0.105. The van der Waals surface area contributed by atoms with E-state index >= 15 is 0 Å². The van der Waals surface area contributed by atoms with E-state index in [2.05, 4.69) is 11.3 Å². The zero-order valence-corrected chi connectivity index (χ0v) is 12.7. The fourth-order valence-electron chi connectivity index (χ4n) is 2.03. The van der Waals surface area contributed by atoms with Gasteiger partial charge in [-0.3, -0.25) is 0 Å². The van der Waals surface area contributed by atoms with E-state index in [4.69, 9.17) is 4.74 Å². The third-order valence-electron chi connectivity index (χ3n) is 3.27. The molecule has 3 heteroatoms. The second kappa shape index (κ2) is 7.27. The summed E-state index contributed by atoms with van der Waals surface area (Å²) in [4.78, 5) is 11.5. The Morgan fingerprint density at radius 3 is 2.41 bits per heavy atom. The number of hydrogen-bond acceptors (Lipinski definition) is 3. The number of benzene rings is 2. The molecule has 0 atom stereocenters. The van der Waals surface area contributed by atoms with Gasteiger partial charge in [-0.15, -0.1) is 0 Å². The average molecular weight is 294 g/mol. The molecule has 0 bridgehead atoms. The van der Waals surface area contributed by atoms with Crippen LogP contribution in [-0.4, -0.2) is 20.2 Å². The third kappa shape index (κ3) is 3.64. The summed E-state index contributed by atoms with van der Waals surface area (Å²) < 4.78 is 10.1. The molecule has 0 N–H and O–H groups in total. The summed E-state index contributed by atoms with van der Waals surface area (Å²) in [5, 5.41) is 0. The molecule has 0 heterocycles. The molecule has 0 saturated heterocycles. The SMILES string of the molecule is C=C(C(=O)OC)c1ccc(/C=C/c2ccccc2)c(OC)c1. The fourth-order valence-corrected chi connectivity index (χ4v) is 2.03. The zero-order chi connectivity index (χ0) is 15.9. The van der Waals surface area contributed by atoms with Crippen molar-refractivity contribution in [2.24, 2.45) is 0 Å². The Hall–Kier alpha value is -2.81. The Morgan fingerprint density at radius 2 is 1.77 bits per heavy atom. The van der Waals surface area contributed by atoms with Gasteiger partial charge >= 0.3 is 5.97 Å². The van der Waals surface area contributed by atoms with E-state index in [9.17, 15) is 4.79 Å². The maximum atomic E-state index is 11.5. The van der Waals surface area contributed by atoms with E-state index in [1.807, 2.05) is 54.6 Å². The highest BCUT2D eigenvalue weighted by Gasteiger charge is 2.11. The number of hydrogen-bond donors (Lipinski definition) is 0. The number of esters is 1. The van der Waals surface area contributed by atoms with E-state index in [0.29, 0.717) is 16.9 Å². The first-order valence-electron chi connectivity index (χ1n) is 6.84. The van der Waals surface area contributed by atoms with Crippen LogP contribution >= 0.6 is 0 Å². The summed E-state index contributed by atoms with van der Waals surface area (Å²) in [6.45, 7) is 3.75. The summed E-state index contributed by atoms with van der Waals surface area (Å²) in [5.74, 6) is 0.226. The van der Waals surface area contributed by atoms with Crippen LogP contribution in [0.4, 0.5) is 0 Å². The lowest BCUT2D eigenvalue weighted by Crippen LogP contribution is -2.03. The molecule has 2 aromatic carbocycles. The Bertz CT molecular complexity index is 700. The molecular weight excluding hydrogens is 276 g/mol. The average Bonchev–Trinajstić information content (AvgIpc) is 2.59. The van der Waals surface area contributed by atoms with Crippen LogP contribution in [0.25, 0.3) is 17.7 Å². The van der Waals surface area contributed by atoms with Gasteiger partial charge in [-0.25, -0.2) is 4.79 Å². The molecule has 0 radical (unpaired) electrons. The van der Waals surface area contributed by atoms with Gasteiger partial charge in [-0.2, -0.15) is 0 Å². The largest absolute Gasteiger partial charge is 0.496 e. The summed E-state index contributed by atoms with van der Waals surface area (Å²) >= 11 is 0. The van der Waals surface area contributed by atoms with Crippen molar-refractivity contribution in [3.63, 3.8) is 0 Å². The predicted octanol–water partition coefficient (Wildman–Crippen LogP) is 4.05. The van der Waals surface area contributed by atoms with Gasteiger partial charge in [0.05, 0.1) is 19.8 Å². The van der Waals surface area contributed by atoms with E-state index < -0.39 is 5.97 Å². The number of rotatable bonds is 5. The minimum absolute atomic E-state index is 0.305. The van der Waals surface area contributed by atoms with Gasteiger partial charge < -0.3 is 9.47 Å². The Morgan fingerprint density at radius 1 is 1.05 bits per heavy atom. The van der Waals surface area contributed by atoms with Gasteiger partial charge in [0.2, 0.25) is 0 Å². The van der Waals surface area contributed by atoms with Crippen LogP contribution in [0.3, 0.4) is 0 Å². The van der Waals surface area contributed by atoms with Crippen molar-refractivity contribution in [2.45, 2.75) is 0 Å². The summed E-state index contributed by atoms with van der Waals surface area (Å²) in [6.07, 6.45) is 3.98. The van der Waals surface area contributed by atoms with Crippen molar-refractivity contribution in [3.8, 4) is 5.75 Å². The van der Waals surface area contributed by atoms with Crippen molar-refractivity contribution in [1.29, 1.82) is 0 Å². The Labute approximate surface area is 130 Å². The maximum absolute atomic E-state index is 11.5. The van der Waals surface area contributed by atoms with Crippen molar-refractivity contribution in [2.75, 3.05) is 14.2 Å². The smallest absolute Gasteiger partial charge is 0.337 e. The molecule has 22 heavy (non-hydrogen) atoms. The Balaban J connectivity index is 2.28. The lowest BCUT2D eigenvalue weighted by atomic mass is 10.0. The highest BCUT2D eigenvalue weighted by molar-refractivity contribution is 6.15. The van der Waals surface area contributed by atoms with Crippen LogP contribution < -0.4 is 4.74 Å². The molecule has 0 aromatic heterocycles. The van der Waals surface area contributed by atoms with Crippen LogP contribution in [0, 0.1) is 0 Å². The molecule has 0 amide bonds. The van der Waals surface area contributed by atoms with Crippen molar-refractivity contribution >= 4 is 23.7 Å². The minimum Gasteiger partial charge on any atom is -0.496 e. The topological polar surface area (TPSA) is 35.5 Å². The molecule has 0 aliphatic rings. The summed E-state index contributed by atoms with van der Waals surface area (Å²) in [5.41, 5.74) is 3.01. The first kappa shape index (κ1) is 15.6. The first-order chi connectivity index (χ1) is 10.7. The zero-order valence-electron chi connectivity index (χ0n) is 12.7. The van der Waals surface area contributed by atoms with E-state index in [1.165, 1.54) is 7.11 Å². The van der Waals surface area contributed by atoms with Crippen molar-refractivity contribution in [3.05, 3.63) is 71.8 Å². The molecule has 2 aromatic rings. The second-order valence-corrected chi connectivity index (χ2v) is 4.67. The molecule has 0 fully saturated rings. The van der Waals surface area contributed by atoms with E-state index in [0.717, 1.165) is 11.1 Å². The van der Waals surface area contributed by atoms with Crippen LogP contribution in [0.2, 0.25) is 0 Å². The molecule has 0 unspecified atom stereocenters. The molecule has 0 spiro atoms. The van der Waals surface area contributed by atoms with Gasteiger partial charge in [0, 0.05) is 5.56 Å². The molecule has 0 aliphatic carbocycles. The second-order valence-electron chi connectivity index (χ2n) is 4.67. The summed E-state index contributed by atoms with van der Waals surface area (Å²) in [6, 6.07) is 15.5. The number of methoxy groups -OCH3 is 2. The van der Waals surface area contributed by atoms with Gasteiger partial charge in [0.15, 0.2) is 0 Å². The Kier molecular flexibility index (Phi) is 5.15. The normalized spacial score (nSPS) is 10.5. The number of carbonyl (C=O) groups is 1. The molecule has 112 valence electrons. The van der Waals surface area contributed by atoms with Crippen LogP contribution in [0.15, 0.2) is 55.1 Å². The highest BCUT2D eigenvalue weighted by atomic mass is 16.5. The van der Waals surface area contributed by atoms with Crippen molar-refractivity contribution in [1.82, 2.24) is 0 Å². The minimum atomic E-state index is -0.449. The monoisotopic (exact) mass is 294 g/mol. The molecule has 0 aliphatic heterocycles. The van der Waals surface area contributed by atoms with E-state index in [1.54, 1.807) is 13.2 Å². The lowest BCUT2D eigenvalue weighted by molar-refractivity contribution is -0.133. The van der Waals surface area contributed by atoms with Gasteiger partial charge in [0.25, 0.3) is 0 Å². The van der Waals surface area contributed by atoms with Crippen molar-refractivity contribution < 1.29 is 14.3 Å². The quantitative estimate of drug-likeness (QED) is 0.474. The van der Waals surface area contributed by atoms with Gasteiger partial charge in [0.1, 0.15) is 5.75 Å². The molecule has 3 nitrogen and oxygen atoms in total. The lowest BCUT2D eigenvalue weighted by Gasteiger charge is -2.09. The van der Waals surface area contributed by atoms with Crippen LogP contribution in [0.5, 0.6) is 5.75 Å². The predicted molar refractivity (Wildman–Crippen MR) is 89.4 cm³/mol. The van der Waals surface area contributed by atoms with Crippen LogP contribution in [-0.2, 0) is 9.53 Å². The molecular formula is C19H18O3. The third-order valence-corrected chi connectivity index (χ3v) is 3.27. The number of ether oxygens (including phenoxy) is 2. The van der Waals surface area contributed by atoms with E-state index in [-0.39, 0.29) is 0 Å².